The van der Waals surface area contributed by atoms with Crippen molar-refractivity contribution in [2.75, 3.05) is 11.6 Å². The van der Waals surface area contributed by atoms with Gasteiger partial charge in [-0.15, -0.1) is 11.8 Å². The summed E-state index contributed by atoms with van der Waals surface area (Å²) in [5, 5.41) is 8.30. The Morgan fingerprint density at radius 2 is 2.00 bits per heavy atom. The number of carbonyl (C=O) groups excluding carboxylic acids is 1. The molecule has 0 unspecified atom stereocenters. The fourth-order valence-corrected chi connectivity index (χ4v) is 3.43. The number of nitrogens with one attached hydrogen (secondary N) is 1. The quantitative estimate of drug-likeness (QED) is 0.707. The molecular weight excluding hydrogens is 332 g/mol. The summed E-state index contributed by atoms with van der Waals surface area (Å²) in [6, 6.07) is 9.69. The van der Waals surface area contributed by atoms with Gasteiger partial charge in [0.1, 0.15) is 0 Å². The molecule has 0 aliphatic rings. The highest BCUT2D eigenvalue weighted by Crippen LogP contribution is 2.28. The topological polar surface area (TPSA) is 59.8 Å². The van der Waals surface area contributed by atoms with Crippen molar-refractivity contribution in [3.63, 3.8) is 0 Å². The van der Waals surface area contributed by atoms with E-state index in [1.165, 1.54) is 0 Å². The number of aromatic nitrogens is 3. The molecule has 0 radical (unpaired) electrons. The minimum Gasteiger partial charge on any atom is -0.321 e. The van der Waals surface area contributed by atoms with E-state index in [0.29, 0.717) is 5.56 Å². The normalized spacial score (nSPS) is 11.3. The zero-order valence-electron chi connectivity index (χ0n) is 15.1. The summed E-state index contributed by atoms with van der Waals surface area (Å²) < 4.78 is 1.74. The molecule has 0 saturated heterocycles. The number of hydrogen-bond acceptors (Lipinski definition) is 4. The van der Waals surface area contributed by atoms with E-state index in [1.54, 1.807) is 16.4 Å². The molecule has 0 aliphatic carbocycles. The number of pyridine rings is 1. The highest BCUT2D eigenvalue weighted by atomic mass is 32.2. The van der Waals surface area contributed by atoms with Crippen LogP contribution < -0.4 is 5.32 Å². The number of hydrogen-bond donors (Lipinski definition) is 1. The van der Waals surface area contributed by atoms with Crippen LogP contribution in [0.1, 0.15) is 41.5 Å². The molecule has 130 valence electrons. The summed E-state index contributed by atoms with van der Waals surface area (Å²) in [6.45, 7) is 6.05. The van der Waals surface area contributed by atoms with E-state index in [0.717, 1.165) is 33.0 Å². The first-order chi connectivity index (χ1) is 11.9. The number of thioether (sulfide) groups is 1. The first kappa shape index (κ1) is 17.5. The van der Waals surface area contributed by atoms with E-state index in [-0.39, 0.29) is 11.8 Å². The average Bonchev–Trinajstić information content (AvgIpc) is 2.89. The standard InChI is InChI=1S/C19H22N4OS/c1-11(2)15-10-13(17-12(3)22-23(4)18(17)20-15)19(24)21-14-8-6-7-9-16(14)25-5/h6-11H,1-5H3,(H,21,24). The molecular formula is C19H22N4OS. The molecule has 2 heterocycles. The van der Waals surface area contributed by atoms with Crippen LogP contribution in [0.5, 0.6) is 0 Å². The maximum Gasteiger partial charge on any atom is 0.256 e. The lowest BCUT2D eigenvalue weighted by atomic mass is 10.0. The van der Waals surface area contributed by atoms with Gasteiger partial charge in [0.15, 0.2) is 5.65 Å². The van der Waals surface area contributed by atoms with Crippen molar-refractivity contribution in [2.45, 2.75) is 31.6 Å². The molecule has 0 aliphatic heterocycles. The van der Waals surface area contributed by atoms with Crippen LogP contribution in [0.3, 0.4) is 0 Å². The summed E-state index contributed by atoms with van der Waals surface area (Å²) in [5.74, 6) is 0.0940. The van der Waals surface area contributed by atoms with Crippen LogP contribution in [0, 0.1) is 6.92 Å². The van der Waals surface area contributed by atoms with Crippen molar-refractivity contribution in [3.8, 4) is 0 Å². The Morgan fingerprint density at radius 1 is 1.28 bits per heavy atom. The van der Waals surface area contributed by atoms with Gasteiger partial charge in [-0.3, -0.25) is 9.48 Å². The zero-order valence-corrected chi connectivity index (χ0v) is 15.9. The van der Waals surface area contributed by atoms with Crippen molar-refractivity contribution < 1.29 is 4.79 Å². The number of aryl methyl sites for hydroxylation is 2. The average molecular weight is 354 g/mol. The first-order valence-electron chi connectivity index (χ1n) is 8.21. The van der Waals surface area contributed by atoms with Gasteiger partial charge in [0.05, 0.1) is 22.3 Å². The van der Waals surface area contributed by atoms with Crippen LogP contribution in [0.15, 0.2) is 35.2 Å². The molecule has 0 bridgehead atoms. The van der Waals surface area contributed by atoms with Gasteiger partial charge >= 0.3 is 0 Å². The third kappa shape index (κ3) is 3.26. The molecule has 5 nitrogen and oxygen atoms in total. The molecule has 0 atom stereocenters. The summed E-state index contributed by atoms with van der Waals surface area (Å²) in [5.41, 5.74) is 3.88. The molecule has 3 aromatic rings. The summed E-state index contributed by atoms with van der Waals surface area (Å²) in [4.78, 5) is 18.8. The van der Waals surface area contributed by atoms with Crippen molar-refractivity contribution in [3.05, 3.63) is 47.3 Å². The van der Waals surface area contributed by atoms with Crippen LogP contribution in [0.2, 0.25) is 0 Å². The van der Waals surface area contributed by atoms with Gasteiger partial charge in [0.2, 0.25) is 0 Å². The van der Waals surface area contributed by atoms with Gasteiger partial charge in [0.25, 0.3) is 5.91 Å². The Kier molecular flexibility index (Phi) is 4.81. The molecule has 25 heavy (non-hydrogen) atoms. The van der Waals surface area contributed by atoms with Crippen LogP contribution in [0.4, 0.5) is 5.69 Å². The molecule has 0 spiro atoms. The number of benzene rings is 1. The lowest BCUT2D eigenvalue weighted by molar-refractivity contribution is 0.102. The van der Waals surface area contributed by atoms with E-state index in [9.17, 15) is 4.79 Å². The van der Waals surface area contributed by atoms with Crippen molar-refractivity contribution in [1.29, 1.82) is 0 Å². The third-order valence-corrected chi connectivity index (χ3v) is 4.98. The van der Waals surface area contributed by atoms with E-state index in [1.807, 2.05) is 50.6 Å². The van der Waals surface area contributed by atoms with Crippen LogP contribution in [-0.4, -0.2) is 26.9 Å². The van der Waals surface area contributed by atoms with Crippen LogP contribution >= 0.6 is 11.8 Å². The summed E-state index contributed by atoms with van der Waals surface area (Å²) in [6.07, 6.45) is 2.00. The molecule has 0 saturated carbocycles. The molecule has 3 rings (SSSR count). The van der Waals surface area contributed by atoms with Gasteiger partial charge in [-0.2, -0.15) is 5.10 Å². The molecule has 2 aromatic heterocycles. The largest absolute Gasteiger partial charge is 0.321 e. The fraction of sp³-hybridized carbons (Fsp3) is 0.316. The summed E-state index contributed by atoms with van der Waals surface area (Å²) in [7, 11) is 1.86. The third-order valence-electron chi connectivity index (χ3n) is 4.18. The summed E-state index contributed by atoms with van der Waals surface area (Å²) >= 11 is 1.61. The van der Waals surface area contributed by atoms with Crippen LogP contribution in [-0.2, 0) is 7.05 Å². The number of fused-ring (bicyclic) bond motifs is 1. The van der Waals surface area contributed by atoms with E-state index in [4.69, 9.17) is 4.98 Å². The molecule has 1 amide bonds. The predicted octanol–water partition coefficient (Wildman–Crippen LogP) is 4.37. The second kappa shape index (κ2) is 6.88. The fourth-order valence-electron chi connectivity index (χ4n) is 2.88. The van der Waals surface area contributed by atoms with Crippen molar-refractivity contribution in [2.24, 2.45) is 7.05 Å². The minimum absolute atomic E-state index is 0.132. The Morgan fingerprint density at radius 3 is 2.68 bits per heavy atom. The number of carbonyl (C=O) groups is 1. The predicted molar refractivity (Wildman–Crippen MR) is 104 cm³/mol. The maximum atomic E-state index is 13.0. The highest BCUT2D eigenvalue weighted by Gasteiger charge is 2.20. The number of anilines is 1. The van der Waals surface area contributed by atoms with Crippen LogP contribution in [0.25, 0.3) is 11.0 Å². The Hall–Kier alpha value is -2.34. The van der Waals surface area contributed by atoms with E-state index >= 15 is 0 Å². The lowest BCUT2D eigenvalue weighted by Crippen LogP contribution is -2.14. The lowest BCUT2D eigenvalue weighted by Gasteiger charge is -2.12. The smallest absolute Gasteiger partial charge is 0.256 e. The maximum absolute atomic E-state index is 13.0. The van der Waals surface area contributed by atoms with Gasteiger partial charge in [-0.05, 0) is 37.3 Å². The van der Waals surface area contributed by atoms with E-state index < -0.39 is 0 Å². The second-order valence-corrected chi connectivity index (χ2v) is 7.16. The monoisotopic (exact) mass is 354 g/mol. The Bertz CT molecular complexity index is 946. The number of rotatable bonds is 4. The second-order valence-electron chi connectivity index (χ2n) is 6.31. The number of para-hydroxylation sites is 1. The highest BCUT2D eigenvalue weighted by molar-refractivity contribution is 7.98. The number of amides is 1. The van der Waals surface area contributed by atoms with Gasteiger partial charge in [-0.25, -0.2) is 4.98 Å². The van der Waals surface area contributed by atoms with Gasteiger partial charge < -0.3 is 5.32 Å². The van der Waals surface area contributed by atoms with E-state index in [2.05, 4.69) is 24.3 Å². The molecule has 0 fully saturated rings. The Balaban J connectivity index is 2.12. The van der Waals surface area contributed by atoms with Crippen molar-refractivity contribution >= 4 is 34.4 Å². The zero-order chi connectivity index (χ0) is 18.1. The van der Waals surface area contributed by atoms with Crippen molar-refractivity contribution in [1.82, 2.24) is 14.8 Å². The SMILES string of the molecule is CSc1ccccc1NC(=O)c1cc(C(C)C)nc2c1c(C)nn2C. The Labute approximate surface area is 151 Å². The molecule has 6 heteroatoms. The molecule has 1 N–H and O–H groups in total. The number of nitrogens with zero attached hydrogens (tertiary/aromatic N) is 3. The van der Waals surface area contributed by atoms with Gasteiger partial charge in [-0.1, -0.05) is 26.0 Å². The first-order valence-corrected chi connectivity index (χ1v) is 9.43. The minimum atomic E-state index is -0.132. The van der Waals surface area contributed by atoms with Gasteiger partial charge in [0, 0.05) is 17.6 Å². The molecule has 1 aromatic carbocycles.